The number of esters is 1. The standard InChI is InChI=1S/C10H8BrNO3/c11-6-1-2-8(12-5-6)9(13)7-3-4-15-10(7)14/h1-2,5,7H,3-4H2/t7-/m0/s1. The SMILES string of the molecule is O=C1OCC[C@H]1C(=O)c1ccc(Br)cn1. The number of hydrogen-bond acceptors (Lipinski definition) is 4. The van der Waals surface area contributed by atoms with Crippen molar-refractivity contribution in [2.75, 3.05) is 6.61 Å². The molecule has 0 bridgehead atoms. The number of nitrogens with zero attached hydrogens (tertiary/aromatic N) is 1. The summed E-state index contributed by atoms with van der Waals surface area (Å²) in [5, 5.41) is 0. The molecule has 0 aliphatic carbocycles. The number of ether oxygens (including phenoxy) is 1. The summed E-state index contributed by atoms with van der Waals surface area (Å²) in [6.45, 7) is 0.325. The summed E-state index contributed by atoms with van der Waals surface area (Å²) in [6.07, 6.45) is 1.99. The molecule has 0 aromatic carbocycles. The molecule has 1 aromatic rings. The minimum absolute atomic E-state index is 0.259. The van der Waals surface area contributed by atoms with Crippen molar-refractivity contribution in [1.29, 1.82) is 0 Å². The predicted molar refractivity (Wildman–Crippen MR) is 55.3 cm³/mol. The van der Waals surface area contributed by atoms with Crippen LogP contribution in [0.1, 0.15) is 16.9 Å². The second-order valence-electron chi connectivity index (χ2n) is 3.23. The molecule has 1 aliphatic rings. The first kappa shape index (κ1) is 10.3. The molecule has 0 spiro atoms. The highest BCUT2D eigenvalue weighted by Crippen LogP contribution is 2.19. The highest BCUT2D eigenvalue weighted by molar-refractivity contribution is 9.10. The smallest absolute Gasteiger partial charge is 0.317 e. The van der Waals surface area contributed by atoms with Crippen LogP contribution in [0.2, 0.25) is 0 Å². The molecule has 1 atom stereocenters. The molecule has 0 radical (unpaired) electrons. The normalized spacial score (nSPS) is 20.1. The molecule has 2 rings (SSSR count). The van der Waals surface area contributed by atoms with Gasteiger partial charge in [-0.2, -0.15) is 0 Å². The van der Waals surface area contributed by atoms with E-state index in [0.717, 1.165) is 4.47 Å². The van der Waals surface area contributed by atoms with Crippen LogP contribution in [0.5, 0.6) is 0 Å². The van der Waals surface area contributed by atoms with Crippen molar-refractivity contribution >= 4 is 27.7 Å². The molecule has 1 fully saturated rings. The van der Waals surface area contributed by atoms with Crippen molar-refractivity contribution in [2.45, 2.75) is 6.42 Å². The molecule has 15 heavy (non-hydrogen) atoms. The van der Waals surface area contributed by atoms with Crippen molar-refractivity contribution in [1.82, 2.24) is 4.98 Å². The van der Waals surface area contributed by atoms with E-state index in [1.807, 2.05) is 0 Å². The molecular weight excluding hydrogens is 262 g/mol. The van der Waals surface area contributed by atoms with Gasteiger partial charge in [-0.1, -0.05) is 0 Å². The number of hydrogen-bond donors (Lipinski definition) is 0. The molecule has 4 nitrogen and oxygen atoms in total. The van der Waals surface area contributed by atoms with Crippen molar-refractivity contribution < 1.29 is 14.3 Å². The maximum Gasteiger partial charge on any atom is 0.317 e. The topological polar surface area (TPSA) is 56.3 Å². The van der Waals surface area contributed by atoms with E-state index in [1.165, 1.54) is 6.20 Å². The van der Waals surface area contributed by atoms with Gasteiger partial charge in [-0.05, 0) is 28.1 Å². The molecule has 0 N–H and O–H groups in total. The Kier molecular flexibility index (Phi) is 2.81. The number of cyclic esters (lactones) is 1. The maximum absolute atomic E-state index is 11.8. The van der Waals surface area contributed by atoms with Crippen LogP contribution >= 0.6 is 15.9 Å². The Bertz CT molecular complexity index is 402. The summed E-state index contributed by atoms with van der Waals surface area (Å²) in [7, 11) is 0. The fraction of sp³-hybridized carbons (Fsp3) is 0.300. The van der Waals surface area contributed by atoms with Gasteiger partial charge in [0.15, 0.2) is 5.78 Å². The third-order valence-corrected chi connectivity index (χ3v) is 2.70. The first-order chi connectivity index (χ1) is 7.18. The molecule has 1 aliphatic heterocycles. The van der Waals surface area contributed by atoms with E-state index in [1.54, 1.807) is 12.1 Å². The molecule has 1 aromatic heterocycles. The van der Waals surface area contributed by atoms with Gasteiger partial charge in [0, 0.05) is 17.1 Å². The van der Waals surface area contributed by atoms with Gasteiger partial charge in [-0.3, -0.25) is 14.6 Å². The molecule has 0 saturated carbocycles. The van der Waals surface area contributed by atoms with Gasteiger partial charge in [-0.15, -0.1) is 0 Å². The lowest BCUT2D eigenvalue weighted by atomic mass is 10.00. The zero-order valence-corrected chi connectivity index (χ0v) is 9.36. The van der Waals surface area contributed by atoms with Gasteiger partial charge in [0.05, 0.1) is 6.61 Å². The van der Waals surface area contributed by atoms with E-state index < -0.39 is 11.9 Å². The van der Waals surface area contributed by atoms with E-state index in [-0.39, 0.29) is 5.78 Å². The van der Waals surface area contributed by atoms with Gasteiger partial charge in [0.25, 0.3) is 0 Å². The second kappa shape index (κ2) is 4.10. The Morgan fingerprint density at radius 2 is 2.33 bits per heavy atom. The Balaban J connectivity index is 2.20. The molecule has 0 amide bonds. The van der Waals surface area contributed by atoms with Crippen LogP contribution in [-0.2, 0) is 9.53 Å². The minimum Gasteiger partial charge on any atom is -0.465 e. The third kappa shape index (κ3) is 2.07. The second-order valence-corrected chi connectivity index (χ2v) is 4.15. The Hall–Kier alpha value is -1.23. The molecule has 2 heterocycles. The quantitative estimate of drug-likeness (QED) is 0.465. The average molecular weight is 270 g/mol. The number of halogens is 1. The number of Topliss-reactive ketones (excluding diaryl/α,β-unsaturated/α-hetero) is 1. The third-order valence-electron chi connectivity index (χ3n) is 2.23. The van der Waals surface area contributed by atoms with Gasteiger partial charge >= 0.3 is 5.97 Å². The van der Waals surface area contributed by atoms with Crippen LogP contribution in [0.4, 0.5) is 0 Å². The van der Waals surface area contributed by atoms with Crippen molar-refractivity contribution in [3.05, 3.63) is 28.5 Å². The largest absolute Gasteiger partial charge is 0.465 e. The molecule has 1 saturated heterocycles. The Morgan fingerprint density at radius 3 is 2.87 bits per heavy atom. The number of carbonyl (C=O) groups is 2. The average Bonchev–Trinajstić information content (AvgIpc) is 2.65. The fourth-order valence-corrected chi connectivity index (χ4v) is 1.67. The number of carbonyl (C=O) groups excluding carboxylic acids is 2. The van der Waals surface area contributed by atoms with Crippen LogP contribution in [0.25, 0.3) is 0 Å². The zero-order valence-electron chi connectivity index (χ0n) is 7.77. The monoisotopic (exact) mass is 269 g/mol. The number of pyridine rings is 1. The van der Waals surface area contributed by atoms with Crippen LogP contribution in [-0.4, -0.2) is 23.3 Å². The molecule has 0 unspecified atom stereocenters. The van der Waals surface area contributed by atoms with Gasteiger partial charge in [0.1, 0.15) is 11.6 Å². The first-order valence-electron chi connectivity index (χ1n) is 4.51. The summed E-state index contributed by atoms with van der Waals surface area (Å²) in [5.74, 6) is -1.37. The molecule has 5 heteroatoms. The van der Waals surface area contributed by atoms with Crippen molar-refractivity contribution in [3.8, 4) is 0 Å². The number of aromatic nitrogens is 1. The van der Waals surface area contributed by atoms with Gasteiger partial charge < -0.3 is 4.74 Å². The number of rotatable bonds is 2. The lowest BCUT2D eigenvalue weighted by molar-refractivity contribution is -0.140. The van der Waals surface area contributed by atoms with Crippen LogP contribution in [0.3, 0.4) is 0 Å². The lowest BCUT2D eigenvalue weighted by Crippen LogP contribution is -2.20. The predicted octanol–water partition coefficient (Wildman–Crippen LogP) is 1.59. The summed E-state index contributed by atoms with van der Waals surface area (Å²) in [4.78, 5) is 26.9. The van der Waals surface area contributed by atoms with E-state index in [4.69, 9.17) is 4.74 Å². The summed E-state index contributed by atoms with van der Waals surface area (Å²) >= 11 is 3.22. The zero-order chi connectivity index (χ0) is 10.8. The highest BCUT2D eigenvalue weighted by Gasteiger charge is 2.34. The van der Waals surface area contributed by atoms with E-state index in [0.29, 0.717) is 18.7 Å². The maximum atomic E-state index is 11.8. The fourth-order valence-electron chi connectivity index (χ4n) is 1.43. The Labute approximate surface area is 94.8 Å². The van der Waals surface area contributed by atoms with Crippen LogP contribution in [0, 0.1) is 5.92 Å². The summed E-state index contributed by atoms with van der Waals surface area (Å²) < 4.78 is 5.53. The first-order valence-corrected chi connectivity index (χ1v) is 5.30. The molecule has 78 valence electrons. The van der Waals surface area contributed by atoms with Crippen LogP contribution in [0.15, 0.2) is 22.8 Å². The lowest BCUT2D eigenvalue weighted by Gasteiger charge is -2.03. The van der Waals surface area contributed by atoms with Gasteiger partial charge in [-0.25, -0.2) is 0 Å². The van der Waals surface area contributed by atoms with E-state index in [9.17, 15) is 9.59 Å². The van der Waals surface area contributed by atoms with Crippen molar-refractivity contribution in [2.24, 2.45) is 5.92 Å². The summed E-state index contributed by atoms with van der Waals surface area (Å²) in [6, 6.07) is 3.32. The minimum atomic E-state index is -0.668. The van der Waals surface area contributed by atoms with Crippen molar-refractivity contribution in [3.63, 3.8) is 0 Å². The van der Waals surface area contributed by atoms with Gasteiger partial charge in [0.2, 0.25) is 0 Å². The summed E-state index contributed by atoms with van der Waals surface area (Å²) in [5.41, 5.74) is 0.307. The van der Waals surface area contributed by atoms with E-state index >= 15 is 0 Å². The number of ketones is 1. The molecular formula is C10H8BrNO3. The highest BCUT2D eigenvalue weighted by atomic mass is 79.9. The Morgan fingerprint density at radius 1 is 1.53 bits per heavy atom. The van der Waals surface area contributed by atoms with E-state index in [2.05, 4.69) is 20.9 Å². The van der Waals surface area contributed by atoms with Crippen LogP contribution < -0.4 is 0 Å².